The minimum absolute atomic E-state index is 0.0307. The molecule has 2 aromatic rings. The van der Waals surface area contributed by atoms with E-state index in [9.17, 15) is 29.1 Å². The number of amides is 3. The van der Waals surface area contributed by atoms with Gasteiger partial charge in [0, 0.05) is 41.9 Å². The fourth-order valence-corrected chi connectivity index (χ4v) is 10.4. The van der Waals surface area contributed by atoms with Crippen molar-refractivity contribution < 1.29 is 38.6 Å². The van der Waals surface area contributed by atoms with Crippen LogP contribution in [0.4, 0.5) is 17.1 Å². The number of carbonyl (C=O) groups excluding carboxylic acids is 4. The molecule has 0 aliphatic carbocycles. The van der Waals surface area contributed by atoms with Crippen molar-refractivity contribution in [1.82, 2.24) is 4.90 Å². The van der Waals surface area contributed by atoms with Gasteiger partial charge >= 0.3 is 5.97 Å². The van der Waals surface area contributed by atoms with Crippen molar-refractivity contribution in [1.29, 1.82) is 0 Å². The Labute approximate surface area is 257 Å². The summed E-state index contributed by atoms with van der Waals surface area (Å²) >= 11 is 0. The van der Waals surface area contributed by atoms with Crippen molar-refractivity contribution in [2.75, 3.05) is 23.0 Å². The van der Waals surface area contributed by atoms with Gasteiger partial charge in [0.1, 0.15) is 0 Å². The number of aliphatic hydroxyl groups excluding tert-OH is 1. The molecule has 12 heteroatoms. The summed E-state index contributed by atoms with van der Waals surface area (Å²) in [5.41, 5.74) is 0.190. The van der Waals surface area contributed by atoms with E-state index in [2.05, 4.69) is 0 Å². The molecule has 4 heterocycles. The van der Waals surface area contributed by atoms with E-state index >= 15 is 0 Å². The van der Waals surface area contributed by atoms with Crippen LogP contribution in [0, 0.1) is 5.92 Å². The van der Waals surface area contributed by atoms with E-state index < -0.39 is 43.7 Å². The first-order valence-electron chi connectivity index (χ1n) is 15.2. The maximum absolute atomic E-state index is 14.8. The lowest BCUT2D eigenvalue weighted by Gasteiger charge is -2.39. The van der Waals surface area contributed by atoms with Crippen LogP contribution in [0.1, 0.15) is 45.1 Å². The fourth-order valence-electron chi connectivity index (χ4n) is 7.80. The number of ether oxygens (including phenoxy) is 2. The number of nitrogens with zero attached hydrogens (tertiary/aromatic N) is 3. The summed E-state index contributed by atoms with van der Waals surface area (Å²) < 4.78 is 12.2. The molecule has 11 nitrogen and oxygen atoms in total. The Hall–Kier alpha value is -3.58. The molecular weight excluding hydrogens is 582 g/mol. The van der Waals surface area contributed by atoms with Crippen LogP contribution < -0.4 is 9.80 Å². The number of β-lactam (4-membered cyclic amide) rings is 1. The second-order valence-electron chi connectivity index (χ2n) is 12.8. The van der Waals surface area contributed by atoms with Gasteiger partial charge in [-0.2, -0.15) is 0 Å². The largest absolute Gasteiger partial charge is 0.441 e. The molecule has 3 amide bonds. The zero-order chi connectivity index (χ0) is 31.6. The lowest BCUT2D eigenvalue weighted by atomic mass is 9.82. The summed E-state index contributed by atoms with van der Waals surface area (Å²) in [7, 11) is -3.04. The Balaban J connectivity index is 1.45. The number of aliphatic hydroxyl groups is 1. The molecule has 0 bridgehead atoms. The molecule has 6 rings (SSSR count). The van der Waals surface area contributed by atoms with E-state index in [1.807, 2.05) is 37.3 Å². The van der Waals surface area contributed by atoms with Gasteiger partial charge in [-0.05, 0) is 56.3 Å². The molecule has 1 unspecified atom stereocenters. The van der Waals surface area contributed by atoms with Crippen LogP contribution in [0.5, 0.6) is 0 Å². The molecule has 6 atom stereocenters. The number of esters is 1. The third-order valence-corrected chi connectivity index (χ3v) is 12.2. The van der Waals surface area contributed by atoms with Crippen LogP contribution in [0.3, 0.4) is 0 Å². The van der Waals surface area contributed by atoms with E-state index in [-0.39, 0.29) is 43.2 Å². The smallest absolute Gasteiger partial charge is 0.304 e. The minimum Gasteiger partial charge on any atom is -0.441 e. The summed E-state index contributed by atoms with van der Waals surface area (Å²) in [6.07, 6.45) is 0.0568. The summed E-state index contributed by atoms with van der Waals surface area (Å²) in [4.78, 5) is 69.1. The van der Waals surface area contributed by atoms with Gasteiger partial charge in [0.05, 0.1) is 37.3 Å². The summed E-state index contributed by atoms with van der Waals surface area (Å²) in [5.74, 6) is -1.75. The number of anilines is 3. The zero-order valence-corrected chi connectivity index (χ0v) is 26.4. The van der Waals surface area contributed by atoms with E-state index in [1.165, 1.54) is 11.8 Å². The highest BCUT2D eigenvalue weighted by Crippen LogP contribution is 2.61. The van der Waals surface area contributed by atoms with Gasteiger partial charge in [-0.3, -0.25) is 29.0 Å². The quantitative estimate of drug-likeness (QED) is 0.273. The molecule has 3 saturated heterocycles. The zero-order valence-electron chi connectivity index (χ0n) is 25.4. The van der Waals surface area contributed by atoms with E-state index in [0.29, 0.717) is 29.2 Å². The molecule has 3 fully saturated rings. The first kappa shape index (κ1) is 30.4. The SMILES string of the molecule is CC(=O)OC1CC(=O)N1c1ccc2c(c1)[C@]1(O[C@@H](CC(=O)N3CCC[C@H]3CO)[C@H]([Si](C)(C)O)[C@H]1C)C(=O)N2c1ccccc1. The molecule has 0 saturated carbocycles. The van der Waals surface area contributed by atoms with Crippen molar-refractivity contribution in [3.8, 4) is 0 Å². The number of likely N-dealkylation sites (tertiary alicyclic amines) is 1. The number of carbonyl (C=O) groups is 4. The topological polar surface area (TPSA) is 137 Å². The molecule has 0 aromatic heterocycles. The van der Waals surface area contributed by atoms with Gasteiger partial charge in [-0.15, -0.1) is 0 Å². The van der Waals surface area contributed by atoms with Crippen LogP contribution >= 0.6 is 0 Å². The molecular formula is C32H39N3O8Si. The Morgan fingerprint density at radius 2 is 1.84 bits per heavy atom. The van der Waals surface area contributed by atoms with Crippen molar-refractivity contribution in [2.24, 2.45) is 5.92 Å². The third-order valence-electron chi connectivity index (χ3n) is 9.66. The standard InChI is InChI=1S/C32H39N3O8Si/c1-19-30(44(3,4)41)26(16-27(38)33-14-8-11-23(33)18-36)43-32(19)24-15-22(35-28(39)17-29(35)42-20(2)37)12-13-25(24)34(31(32)40)21-9-6-5-7-10-21/h5-7,9-10,12-13,15,19,23,26,29-30,36,41H,8,11,14,16-18H2,1-4H3/t19-,23+,26+,29?,30-,32+/m1/s1. The van der Waals surface area contributed by atoms with Gasteiger partial charge in [0.25, 0.3) is 5.91 Å². The Morgan fingerprint density at radius 1 is 1.11 bits per heavy atom. The second kappa shape index (κ2) is 11.1. The number of fused-ring (bicyclic) bond motifs is 2. The van der Waals surface area contributed by atoms with Crippen molar-refractivity contribution in [2.45, 2.75) is 82.1 Å². The summed E-state index contributed by atoms with van der Waals surface area (Å²) in [6, 6.07) is 14.2. The van der Waals surface area contributed by atoms with Gasteiger partial charge in [0.2, 0.25) is 11.8 Å². The molecule has 234 valence electrons. The lowest BCUT2D eigenvalue weighted by molar-refractivity contribution is -0.154. The van der Waals surface area contributed by atoms with Gasteiger partial charge in [0.15, 0.2) is 20.1 Å². The van der Waals surface area contributed by atoms with Crippen LogP contribution in [0.15, 0.2) is 48.5 Å². The fraction of sp³-hybridized carbons (Fsp3) is 0.500. The minimum atomic E-state index is -3.04. The summed E-state index contributed by atoms with van der Waals surface area (Å²) in [5, 5.41) is 9.84. The molecule has 0 radical (unpaired) electrons. The molecule has 1 spiro atoms. The van der Waals surface area contributed by atoms with Crippen LogP contribution in [0.25, 0.3) is 0 Å². The van der Waals surface area contributed by atoms with Gasteiger partial charge in [-0.25, -0.2) is 0 Å². The average molecular weight is 622 g/mol. The maximum Gasteiger partial charge on any atom is 0.304 e. The average Bonchev–Trinajstić information content (AvgIpc) is 3.62. The Bertz CT molecular complexity index is 1500. The molecule has 44 heavy (non-hydrogen) atoms. The highest BCUT2D eigenvalue weighted by Gasteiger charge is 2.67. The molecule has 4 aliphatic rings. The predicted molar refractivity (Wildman–Crippen MR) is 163 cm³/mol. The van der Waals surface area contributed by atoms with Gasteiger partial charge in [-0.1, -0.05) is 25.1 Å². The van der Waals surface area contributed by atoms with Crippen LogP contribution in [0.2, 0.25) is 18.6 Å². The third kappa shape index (κ3) is 4.75. The first-order chi connectivity index (χ1) is 20.9. The lowest BCUT2D eigenvalue weighted by Crippen LogP contribution is -2.55. The Morgan fingerprint density at radius 3 is 2.48 bits per heavy atom. The van der Waals surface area contributed by atoms with Crippen molar-refractivity contribution in [3.63, 3.8) is 0 Å². The van der Waals surface area contributed by atoms with E-state index in [1.54, 1.807) is 41.1 Å². The number of rotatable bonds is 7. The number of para-hydroxylation sites is 1. The Kier molecular flexibility index (Phi) is 7.68. The first-order valence-corrected chi connectivity index (χ1v) is 18.2. The number of hydrogen-bond acceptors (Lipinski definition) is 8. The molecule has 2 N–H and O–H groups in total. The van der Waals surface area contributed by atoms with Gasteiger partial charge < -0.3 is 24.3 Å². The predicted octanol–water partition coefficient (Wildman–Crippen LogP) is 3.16. The van der Waals surface area contributed by atoms with Crippen molar-refractivity contribution in [3.05, 3.63) is 54.1 Å². The molecule has 4 aliphatic heterocycles. The number of benzene rings is 2. The van der Waals surface area contributed by atoms with E-state index in [0.717, 1.165) is 12.8 Å². The normalized spacial score (nSPS) is 29.8. The molecule has 2 aromatic carbocycles. The maximum atomic E-state index is 14.8. The second-order valence-corrected chi connectivity index (χ2v) is 16.8. The van der Waals surface area contributed by atoms with E-state index in [4.69, 9.17) is 9.47 Å². The van der Waals surface area contributed by atoms with Crippen molar-refractivity contribution >= 4 is 49.1 Å². The number of hydrogen-bond donors (Lipinski definition) is 2. The highest BCUT2D eigenvalue weighted by atomic mass is 28.4. The monoisotopic (exact) mass is 621 g/mol. The summed E-state index contributed by atoms with van der Waals surface area (Å²) in [6.45, 7) is 7.21. The van der Waals surface area contributed by atoms with Crippen LogP contribution in [-0.2, 0) is 34.3 Å². The highest BCUT2D eigenvalue weighted by molar-refractivity contribution is 6.71. The van der Waals surface area contributed by atoms with Crippen LogP contribution in [-0.4, -0.2) is 78.3 Å².